The van der Waals surface area contributed by atoms with Crippen molar-refractivity contribution in [2.75, 3.05) is 6.26 Å². The number of thioether (sulfide) groups is 1. The van der Waals surface area contributed by atoms with Crippen molar-refractivity contribution in [1.82, 2.24) is 9.97 Å². The smallest absolute Gasteiger partial charge is 0.319 e. The van der Waals surface area contributed by atoms with Gasteiger partial charge in [-0.1, -0.05) is 11.8 Å². The first kappa shape index (κ1) is 20.8. The van der Waals surface area contributed by atoms with Crippen molar-refractivity contribution < 1.29 is 29.4 Å². The van der Waals surface area contributed by atoms with Crippen molar-refractivity contribution in [3.63, 3.8) is 0 Å². The van der Waals surface area contributed by atoms with Crippen LogP contribution in [0.15, 0.2) is 23.6 Å². The van der Waals surface area contributed by atoms with E-state index in [0.717, 1.165) is 5.16 Å². The summed E-state index contributed by atoms with van der Waals surface area (Å²) in [5.41, 5.74) is 0. The fourth-order valence-electron chi connectivity index (χ4n) is 0.391. The highest BCUT2D eigenvalue weighted by Crippen LogP contribution is 2.26. The zero-order valence-electron chi connectivity index (χ0n) is 8.93. The lowest BCUT2D eigenvalue weighted by Crippen LogP contribution is -1.79. The molecule has 13 heteroatoms. The third-order valence-corrected chi connectivity index (χ3v) is 1.30. The molecular weight excluding hydrogens is 342 g/mol. The average Bonchev–Trinajstić information content (AvgIpc) is 2.14. The maximum Gasteiger partial charge on any atom is 0.319 e. The van der Waals surface area contributed by atoms with Crippen LogP contribution in [0.4, 0.5) is 0 Å². The molecule has 0 amide bonds. The van der Waals surface area contributed by atoms with Crippen molar-refractivity contribution >= 4 is 48.8 Å². The van der Waals surface area contributed by atoms with Gasteiger partial charge in [-0.25, -0.2) is 9.97 Å². The van der Waals surface area contributed by atoms with Crippen LogP contribution in [0.2, 0.25) is 0 Å². The molecule has 0 aliphatic rings. The van der Waals surface area contributed by atoms with Gasteiger partial charge in [0.15, 0.2) is 5.16 Å². The van der Waals surface area contributed by atoms with Crippen molar-refractivity contribution in [3.8, 4) is 0 Å². The summed E-state index contributed by atoms with van der Waals surface area (Å²) in [6.07, 6.45) is 5.42. The molecule has 0 spiro atoms. The van der Waals surface area contributed by atoms with Gasteiger partial charge in [0.1, 0.15) is 0 Å². The van der Waals surface area contributed by atoms with Gasteiger partial charge in [0, 0.05) is 12.4 Å². The van der Waals surface area contributed by atoms with Crippen molar-refractivity contribution in [2.24, 2.45) is 0 Å². The Labute approximate surface area is 118 Å². The third kappa shape index (κ3) is 36.0. The molecule has 1 aromatic heterocycles. The molecule has 18 heavy (non-hydrogen) atoms. The summed E-state index contributed by atoms with van der Waals surface area (Å²) in [5.74, 6) is 0. The molecule has 0 unspecified atom stereocenters. The topological polar surface area (TPSA) is 147 Å². The maximum absolute atomic E-state index is 7.56. The average molecular weight is 354 g/mol. The second kappa shape index (κ2) is 10.3. The fraction of sp³-hybridized carbons (Fsp3) is 0.200. The Balaban J connectivity index is 0. The van der Waals surface area contributed by atoms with Gasteiger partial charge in [0.2, 0.25) is 0 Å². The Hall–Kier alpha value is 0.490. The zero-order chi connectivity index (χ0) is 14.8. The van der Waals surface area contributed by atoms with E-state index in [2.05, 4.69) is 33.6 Å². The van der Waals surface area contributed by atoms with Gasteiger partial charge in [-0.05, 0) is 35.9 Å². The number of aromatic nitrogens is 2. The summed E-state index contributed by atoms with van der Waals surface area (Å²) in [6.45, 7) is -7.61. The molecule has 0 aliphatic heterocycles. The minimum absolute atomic E-state index is 0.826. The molecule has 106 valence electrons. The van der Waals surface area contributed by atoms with Gasteiger partial charge in [0.25, 0.3) is 0 Å². The first-order chi connectivity index (χ1) is 7.93. The molecule has 0 fully saturated rings. The van der Waals surface area contributed by atoms with Crippen LogP contribution in [0.1, 0.15) is 0 Å². The molecule has 0 radical (unpaired) electrons. The number of nitrogens with zero attached hydrogens (tertiary/aromatic N) is 2. The van der Waals surface area contributed by atoms with Crippen LogP contribution in [-0.4, -0.2) is 45.6 Å². The second-order valence-corrected chi connectivity index (χ2v) is 8.03. The summed E-state index contributed by atoms with van der Waals surface area (Å²) < 4.78 is 0. The van der Waals surface area contributed by atoms with E-state index in [1.54, 1.807) is 30.2 Å². The van der Waals surface area contributed by atoms with E-state index in [-0.39, 0.29) is 0 Å². The predicted octanol–water partition coefficient (Wildman–Crippen LogP) is -0.426. The van der Waals surface area contributed by atoms with Crippen LogP contribution in [0.25, 0.3) is 0 Å². The monoisotopic (exact) mass is 354 g/mol. The standard InChI is InChI=1S/C5H6N2S.2H3O3PS/c1-8-5-6-3-2-4-7-5;2*1-4(2,3)5/h2-4H,1H3;2*(H3,1,2,3,5). The first-order valence-corrected chi connectivity index (χ1v) is 10.4. The SMILES string of the molecule is CSc1ncccn1.OP(O)(O)=S.OP(O)(O)=S. The molecule has 1 heterocycles. The summed E-state index contributed by atoms with van der Waals surface area (Å²) in [4.78, 5) is 53.2. The van der Waals surface area contributed by atoms with E-state index >= 15 is 0 Å². The lowest BCUT2D eigenvalue weighted by atomic mass is 10.7. The molecule has 0 aliphatic carbocycles. The van der Waals surface area contributed by atoms with Crippen LogP contribution < -0.4 is 0 Å². The summed E-state index contributed by atoms with van der Waals surface area (Å²) in [6, 6.07) is 1.81. The second-order valence-electron chi connectivity index (χ2n) is 2.26. The van der Waals surface area contributed by atoms with Gasteiger partial charge in [-0.3, -0.25) is 0 Å². The largest absolute Gasteiger partial charge is 0.325 e. The van der Waals surface area contributed by atoms with Gasteiger partial charge in [-0.2, -0.15) is 0 Å². The number of hydrogen-bond acceptors (Lipinski definition) is 5. The molecule has 0 saturated carbocycles. The quantitative estimate of drug-likeness (QED) is 0.222. The Morgan fingerprint density at radius 2 is 1.22 bits per heavy atom. The van der Waals surface area contributed by atoms with Crippen molar-refractivity contribution in [2.45, 2.75) is 5.16 Å². The van der Waals surface area contributed by atoms with Gasteiger partial charge >= 0.3 is 13.4 Å². The molecule has 0 bridgehead atoms. The van der Waals surface area contributed by atoms with Gasteiger partial charge in [0.05, 0.1) is 0 Å². The molecule has 0 aromatic carbocycles. The Morgan fingerprint density at radius 3 is 1.39 bits per heavy atom. The van der Waals surface area contributed by atoms with E-state index in [4.69, 9.17) is 29.4 Å². The van der Waals surface area contributed by atoms with Crippen LogP contribution in [0.5, 0.6) is 0 Å². The highest BCUT2D eigenvalue weighted by atomic mass is 32.5. The zero-order valence-corrected chi connectivity index (χ0v) is 13.2. The number of rotatable bonds is 1. The molecular formula is C5H12N2O6P2S3. The summed E-state index contributed by atoms with van der Waals surface area (Å²) in [7, 11) is 0. The molecule has 8 nitrogen and oxygen atoms in total. The fourth-order valence-corrected chi connectivity index (χ4v) is 0.723. The molecule has 1 rings (SSSR count). The van der Waals surface area contributed by atoms with E-state index < -0.39 is 13.4 Å². The Morgan fingerprint density at radius 1 is 0.944 bits per heavy atom. The normalized spacial score (nSPS) is 10.6. The summed E-state index contributed by atoms with van der Waals surface area (Å²) in [5, 5.41) is 0.826. The van der Waals surface area contributed by atoms with E-state index in [1.165, 1.54) is 0 Å². The highest BCUT2D eigenvalue weighted by molar-refractivity contribution is 8.06. The Kier molecular flexibility index (Phi) is 11.9. The molecule has 0 saturated heterocycles. The molecule has 1 aromatic rings. The molecule has 6 N–H and O–H groups in total. The van der Waals surface area contributed by atoms with Crippen LogP contribution >= 0.6 is 25.2 Å². The van der Waals surface area contributed by atoms with E-state index in [0.29, 0.717) is 0 Å². The Bertz CT molecular complexity index is 372. The van der Waals surface area contributed by atoms with E-state index in [1.807, 2.05) is 6.26 Å². The molecule has 0 atom stereocenters. The van der Waals surface area contributed by atoms with Crippen LogP contribution in [-0.2, 0) is 23.6 Å². The van der Waals surface area contributed by atoms with Gasteiger partial charge < -0.3 is 29.4 Å². The minimum atomic E-state index is -3.81. The summed E-state index contributed by atoms with van der Waals surface area (Å²) >= 11 is 8.75. The number of hydrogen-bond donors (Lipinski definition) is 6. The third-order valence-electron chi connectivity index (χ3n) is 0.725. The highest BCUT2D eigenvalue weighted by Gasteiger charge is 1.92. The lowest BCUT2D eigenvalue weighted by Gasteiger charge is -1.88. The maximum atomic E-state index is 7.56. The van der Waals surface area contributed by atoms with Gasteiger partial charge in [-0.15, -0.1) is 0 Å². The van der Waals surface area contributed by atoms with Crippen molar-refractivity contribution in [1.29, 1.82) is 0 Å². The van der Waals surface area contributed by atoms with Crippen LogP contribution in [0, 0.1) is 0 Å². The minimum Gasteiger partial charge on any atom is -0.325 e. The predicted molar refractivity (Wildman–Crippen MR) is 75.7 cm³/mol. The van der Waals surface area contributed by atoms with Crippen molar-refractivity contribution in [3.05, 3.63) is 18.5 Å². The lowest BCUT2D eigenvalue weighted by molar-refractivity contribution is 0.361. The van der Waals surface area contributed by atoms with Crippen LogP contribution in [0.3, 0.4) is 0 Å². The first-order valence-electron chi connectivity index (χ1n) is 3.81. The van der Waals surface area contributed by atoms with E-state index in [9.17, 15) is 0 Å².